The molecule has 1 aromatic rings. The molecule has 2 heterocycles. The minimum absolute atomic E-state index is 0. The molecule has 1 N–H and O–H groups in total. The molecular formula is C18H28ClFN2. The Morgan fingerprint density at radius 3 is 2.73 bits per heavy atom. The lowest BCUT2D eigenvalue weighted by molar-refractivity contribution is 0.128. The first-order valence-electron chi connectivity index (χ1n) is 8.31. The summed E-state index contributed by atoms with van der Waals surface area (Å²) in [4.78, 5) is 2.63. The molecule has 124 valence electrons. The van der Waals surface area contributed by atoms with E-state index in [1.807, 2.05) is 6.07 Å². The Morgan fingerprint density at radius 1 is 1.32 bits per heavy atom. The number of likely N-dealkylation sites (tertiary alicyclic amines) is 1. The molecule has 2 saturated heterocycles. The van der Waals surface area contributed by atoms with Crippen molar-refractivity contribution >= 4 is 12.4 Å². The van der Waals surface area contributed by atoms with Gasteiger partial charge in [-0.05, 0) is 74.3 Å². The van der Waals surface area contributed by atoms with E-state index < -0.39 is 0 Å². The number of benzene rings is 1. The van der Waals surface area contributed by atoms with Gasteiger partial charge in [0.1, 0.15) is 5.82 Å². The first-order chi connectivity index (χ1) is 10.1. The SMILES string of the molecule is CC1(CN2CCC(Cc3cccc(F)c3)CC2)CCNC1.Cl. The third-order valence-electron chi connectivity index (χ3n) is 5.18. The summed E-state index contributed by atoms with van der Waals surface area (Å²) in [6.45, 7) is 8.38. The second-order valence-corrected chi connectivity index (χ2v) is 7.29. The monoisotopic (exact) mass is 326 g/mol. The Hall–Kier alpha value is -0.640. The Balaban J connectivity index is 0.00000176. The van der Waals surface area contributed by atoms with Crippen LogP contribution in [0.2, 0.25) is 0 Å². The van der Waals surface area contributed by atoms with Crippen molar-refractivity contribution in [2.75, 3.05) is 32.7 Å². The molecule has 0 amide bonds. The maximum Gasteiger partial charge on any atom is 0.123 e. The van der Waals surface area contributed by atoms with E-state index in [0.717, 1.165) is 24.4 Å². The van der Waals surface area contributed by atoms with Crippen LogP contribution in [0.1, 0.15) is 31.7 Å². The molecule has 0 aliphatic carbocycles. The molecule has 1 atom stereocenters. The molecule has 1 aromatic carbocycles. The zero-order chi connectivity index (χ0) is 14.7. The Kier molecular flexibility index (Phi) is 6.25. The molecule has 1 unspecified atom stereocenters. The number of halogens is 2. The van der Waals surface area contributed by atoms with E-state index in [2.05, 4.69) is 23.2 Å². The average Bonchev–Trinajstić information content (AvgIpc) is 2.88. The van der Waals surface area contributed by atoms with Crippen molar-refractivity contribution in [3.8, 4) is 0 Å². The molecule has 0 bridgehead atoms. The summed E-state index contributed by atoms with van der Waals surface area (Å²) in [5.74, 6) is 0.615. The van der Waals surface area contributed by atoms with Gasteiger partial charge in [0.15, 0.2) is 0 Å². The van der Waals surface area contributed by atoms with E-state index in [0.29, 0.717) is 5.41 Å². The molecule has 0 spiro atoms. The zero-order valence-electron chi connectivity index (χ0n) is 13.5. The highest BCUT2D eigenvalue weighted by atomic mass is 35.5. The van der Waals surface area contributed by atoms with Crippen LogP contribution >= 0.6 is 12.4 Å². The summed E-state index contributed by atoms with van der Waals surface area (Å²) in [5.41, 5.74) is 1.62. The van der Waals surface area contributed by atoms with Gasteiger partial charge in [-0.2, -0.15) is 0 Å². The van der Waals surface area contributed by atoms with E-state index >= 15 is 0 Å². The molecule has 0 saturated carbocycles. The van der Waals surface area contributed by atoms with E-state index in [4.69, 9.17) is 0 Å². The number of rotatable bonds is 4. The van der Waals surface area contributed by atoms with Gasteiger partial charge in [0, 0.05) is 13.1 Å². The molecular weight excluding hydrogens is 299 g/mol. The summed E-state index contributed by atoms with van der Waals surface area (Å²) in [7, 11) is 0. The fourth-order valence-corrected chi connectivity index (χ4v) is 3.89. The van der Waals surface area contributed by atoms with Crippen molar-refractivity contribution in [1.82, 2.24) is 10.2 Å². The van der Waals surface area contributed by atoms with E-state index in [9.17, 15) is 4.39 Å². The Bertz CT molecular complexity index is 466. The van der Waals surface area contributed by atoms with Crippen molar-refractivity contribution in [2.24, 2.45) is 11.3 Å². The van der Waals surface area contributed by atoms with Gasteiger partial charge in [0.05, 0.1) is 0 Å². The predicted molar refractivity (Wildman–Crippen MR) is 92.1 cm³/mol. The highest BCUT2D eigenvalue weighted by molar-refractivity contribution is 5.85. The van der Waals surface area contributed by atoms with E-state index in [-0.39, 0.29) is 18.2 Å². The number of hydrogen-bond donors (Lipinski definition) is 1. The third-order valence-corrected chi connectivity index (χ3v) is 5.18. The summed E-state index contributed by atoms with van der Waals surface area (Å²) >= 11 is 0. The highest BCUT2D eigenvalue weighted by Gasteiger charge is 2.32. The molecule has 2 aliphatic heterocycles. The first-order valence-corrected chi connectivity index (χ1v) is 8.31. The second kappa shape index (κ2) is 7.76. The maximum atomic E-state index is 13.2. The number of nitrogens with zero attached hydrogens (tertiary/aromatic N) is 1. The molecule has 2 fully saturated rings. The Morgan fingerprint density at radius 2 is 2.09 bits per heavy atom. The molecule has 22 heavy (non-hydrogen) atoms. The van der Waals surface area contributed by atoms with Gasteiger partial charge in [-0.25, -0.2) is 4.39 Å². The lowest BCUT2D eigenvalue weighted by Crippen LogP contribution is -2.42. The van der Waals surface area contributed by atoms with E-state index in [1.165, 1.54) is 51.5 Å². The normalized spacial score (nSPS) is 26.8. The van der Waals surface area contributed by atoms with Gasteiger partial charge in [-0.15, -0.1) is 12.4 Å². The van der Waals surface area contributed by atoms with Crippen LogP contribution in [0.5, 0.6) is 0 Å². The molecule has 2 nitrogen and oxygen atoms in total. The summed E-state index contributed by atoms with van der Waals surface area (Å²) < 4.78 is 13.2. The summed E-state index contributed by atoms with van der Waals surface area (Å²) in [5, 5.41) is 3.49. The van der Waals surface area contributed by atoms with Crippen LogP contribution in [0, 0.1) is 17.2 Å². The van der Waals surface area contributed by atoms with Crippen LogP contribution in [0.3, 0.4) is 0 Å². The summed E-state index contributed by atoms with van der Waals surface area (Å²) in [6.07, 6.45) is 4.83. The van der Waals surface area contributed by atoms with Crippen LogP contribution < -0.4 is 5.32 Å². The van der Waals surface area contributed by atoms with Gasteiger partial charge < -0.3 is 10.2 Å². The minimum Gasteiger partial charge on any atom is -0.316 e. The van der Waals surface area contributed by atoms with Gasteiger partial charge in [0.25, 0.3) is 0 Å². The van der Waals surface area contributed by atoms with Crippen LogP contribution in [0.15, 0.2) is 24.3 Å². The quantitative estimate of drug-likeness (QED) is 0.911. The highest BCUT2D eigenvalue weighted by Crippen LogP contribution is 2.29. The predicted octanol–water partition coefficient (Wildman–Crippen LogP) is 3.50. The molecule has 4 heteroatoms. The van der Waals surface area contributed by atoms with Crippen LogP contribution in [0.25, 0.3) is 0 Å². The molecule has 0 aromatic heterocycles. The topological polar surface area (TPSA) is 15.3 Å². The van der Waals surface area contributed by atoms with Gasteiger partial charge in [0.2, 0.25) is 0 Å². The number of nitrogens with one attached hydrogen (secondary N) is 1. The maximum absolute atomic E-state index is 13.2. The van der Waals surface area contributed by atoms with Crippen LogP contribution in [-0.4, -0.2) is 37.6 Å². The smallest absolute Gasteiger partial charge is 0.123 e. The van der Waals surface area contributed by atoms with E-state index in [1.54, 1.807) is 6.07 Å². The van der Waals surface area contributed by atoms with Crippen molar-refractivity contribution < 1.29 is 4.39 Å². The first kappa shape index (κ1) is 17.7. The van der Waals surface area contributed by atoms with Gasteiger partial charge in [-0.3, -0.25) is 0 Å². The number of hydrogen-bond acceptors (Lipinski definition) is 2. The lowest BCUT2D eigenvalue weighted by Gasteiger charge is -2.37. The molecule has 3 rings (SSSR count). The zero-order valence-corrected chi connectivity index (χ0v) is 14.3. The van der Waals surface area contributed by atoms with Gasteiger partial charge in [-0.1, -0.05) is 19.1 Å². The largest absolute Gasteiger partial charge is 0.316 e. The summed E-state index contributed by atoms with van der Waals surface area (Å²) in [6, 6.07) is 7.11. The van der Waals surface area contributed by atoms with Crippen LogP contribution in [-0.2, 0) is 6.42 Å². The fourth-order valence-electron chi connectivity index (χ4n) is 3.89. The van der Waals surface area contributed by atoms with Crippen molar-refractivity contribution in [1.29, 1.82) is 0 Å². The van der Waals surface area contributed by atoms with Crippen LogP contribution in [0.4, 0.5) is 4.39 Å². The second-order valence-electron chi connectivity index (χ2n) is 7.29. The third kappa shape index (κ3) is 4.68. The van der Waals surface area contributed by atoms with Crippen molar-refractivity contribution in [3.05, 3.63) is 35.6 Å². The Labute approximate surface area is 139 Å². The number of piperidine rings is 1. The molecule has 0 radical (unpaired) electrons. The standard InChI is InChI=1S/C18H27FN2.ClH/c1-18(7-8-20-13-18)14-21-9-5-15(6-10-21)11-16-3-2-4-17(19)12-16;/h2-4,12,15,20H,5-11,13-14H2,1H3;1H. The lowest BCUT2D eigenvalue weighted by atomic mass is 9.86. The van der Waals surface area contributed by atoms with Gasteiger partial charge >= 0.3 is 0 Å². The van der Waals surface area contributed by atoms with Crippen molar-refractivity contribution in [2.45, 2.75) is 32.6 Å². The fraction of sp³-hybridized carbons (Fsp3) is 0.667. The molecule has 2 aliphatic rings. The van der Waals surface area contributed by atoms with Crippen molar-refractivity contribution in [3.63, 3.8) is 0 Å². The minimum atomic E-state index is -0.105. The average molecular weight is 327 g/mol.